The van der Waals surface area contributed by atoms with Gasteiger partial charge in [-0.25, -0.2) is 0 Å². The van der Waals surface area contributed by atoms with Crippen molar-refractivity contribution < 1.29 is 14.0 Å². The first-order valence-corrected chi connectivity index (χ1v) is 9.61. The molecule has 0 atom stereocenters. The Labute approximate surface area is 181 Å². The van der Waals surface area contributed by atoms with Crippen LogP contribution in [0.25, 0.3) is 17.4 Å². The van der Waals surface area contributed by atoms with E-state index in [4.69, 9.17) is 39.8 Å². The number of thiocarbonyl (C=S) groups is 1. The lowest BCUT2D eigenvalue weighted by Crippen LogP contribution is -2.54. The van der Waals surface area contributed by atoms with E-state index in [-0.39, 0.29) is 10.7 Å². The van der Waals surface area contributed by atoms with Gasteiger partial charge < -0.3 is 4.42 Å². The van der Waals surface area contributed by atoms with Crippen LogP contribution in [0.1, 0.15) is 5.76 Å². The van der Waals surface area contributed by atoms with Crippen molar-refractivity contribution in [3.05, 3.63) is 82.0 Å². The zero-order valence-electron chi connectivity index (χ0n) is 14.7. The quantitative estimate of drug-likeness (QED) is 0.348. The molecule has 29 heavy (non-hydrogen) atoms. The van der Waals surface area contributed by atoms with Crippen LogP contribution in [0.5, 0.6) is 0 Å². The summed E-state index contributed by atoms with van der Waals surface area (Å²) in [6.45, 7) is 0. The molecule has 5 nitrogen and oxygen atoms in total. The second-order valence-corrected chi connectivity index (χ2v) is 7.40. The minimum Gasteiger partial charge on any atom is -0.457 e. The zero-order valence-corrected chi connectivity index (χ0v) is 17.0. The summed E-state index contributed by atoms with van der Waals surface area (Å²) in [6, 6.07) is 17.1. The summed E-state index contributed by atoms with van der Waals surface area (Å²) in [4.78, 5) is 26.6. The lowest BCUT2D eigenvalue weighted by atomic mass is 10.1. The maximum absolute atomic E-state index is 13.0. The standard InChI is InChI=1S/C21H12Cl2N2O3S/c22-13-3-1-12(2-4-13)18-10-9-16(28-18)11-17-19(26)24-21(29)25(20(17)27)15-7-5-14(23)6-8-15/h1-11H,(H,24,26,29). The summed E-state index contributed by atoms with van der Waals surface area (Å²) < 4.78 is 5.77. The molecule has 1 saturated heterocycles. The molecule has 4 rings (SSSR count). The zero-order chi connectivity index (χ0) is 20.5. The number of furan rings is 1. The molecule has 0 aliphatic carbocycles. The van der Waals surface area contributed by atoms with E-state index in [1.54, 1.807) is 48.5 Å². The van der Waals surface area contributed by atoms with Gasteiger partial charge in [-0.3, -0.25) is 19.8 Å². The highest BCUT2D eigenvalue weighted by atomic mass is 35.5. The van der Waals surface area contributed by atoms with Crippen LogP contribution in [0.3, 0.4) is 0 Å². The molecule has 0 unspecified atom stereocenters. The Balaban J connectivity index is 1.66. The van der Waals surface area contributed by atoms with Crippen molar-refractivity contribution in [1.82, 2.24) is 5.32 Å². The third-order valence-corrected chi connectivity index (χ3v) is 5.02. The van der Waals surface area contributed by atoms with Crippen molar-refractivity contribution in [3.8, 4) is 11.3 Å². The molecule has 0 bridgehead atoms. The molecule has 1 aromatic heterocycles. The van der Waals surface area contributed by atoms with Gasteiger partial charge in [0.25, 0.3) is 11.8 Å². The number of carbonyl (C=O) groups is 2. The number of nitrogens with one attached hydrogen (secondary N) is 1. The van der Waals surface area contributed by atoms with Crippen molar-refractivity contribution in [3.63, 3.8) is 0 Å². The normalized spacial score (nSPS) is 15.7. The summed E-state index contributed by atoms with van der Waals surface area (Å²) in [5, 5.41) is 3.67. The van der Waals surface area contributed by atoms with Gasteiger partial charge in [-0.1, -0.05) is 23.2 Å². The van der Waals surface area contributed by atoms with E-state index in [1.165, 1.54) is 11.0 Å². The van der Waals surface area contributed by atoms with Gasteiger partial charge in [-0.2, -0.15) is 0 Å². The molecule has 1 fully saturated rings. The van der Waals surface area contributed by atoms with E-state index >= 15 is 0 Å². The van der Waals surface area contributed by atoms with Gasteiger partial charge in [0.2, 0.25) is 0 Å². The average Bonchev–Trinajstić information content (AvgIpc) is 3.16. The highest BCUT2D eigenvalue weighted by Gasteiger charge is 2.34. The van der Waals surface area contributed by atoms with Crippen LogP contribution in [0.15, 0.2) is 70.7 Å². The maximum atomic E-state index is 13.0. The highest BCUT2D eigenvalue weighted by molar-refractivity contribution is 7.80. The average molecular weight is 443 g/mol. The summed E-state index contributed by atoms with van der Waals surface area (Å²) in [7, 11) is 0. The molecule has 2 aromatic carbocycles. The van der Waals surface area contributed by atoms with Crippen LogP contribution >= 0.6 is 35.4 Å². The maximum Gasteiger partial charge on any atom is 0.270 e. The first-order valence-electron chi connectivity index (χ1n) is 8.45. The fraction of sp³-hybridized carbons (Fsp3) is 0. The molecule has 0 spiro atoms. The Bertz CT molecular complexity index is 1150. The molecular weight excluding hydrogens is 431 g/mol. The number of benzene rings is 2. The van der Waals surface area contributed by atoms with E-state index in [0.29, 0.717) is 27.3 Å². The Morgan fingerprint density at radius 3 is 2.17 bits per heavy atom. The van der Waals surface area contributed by atoms with Crippen molar-refractivity contribution in [1.29, 1.82) is 0 Å². The third kappa shape index (κ3) is 3.96. The topological polar surface area (TPSA) is 62.6 Å². The van der Waals surface area contributed by atoms with E-state index in [1.807, 2.05) is 12.1 Å². The lowest BCUT2D eigenvalue weighted by Gasteiger charge is -2.28. The molecular formula is C21H12Cl2N2O3S. The minimum atomic E-state index is -0.588. The van der Waals surface area contributed by atoms with Gasteiger partial charge >= 0.3 is 0 Å². The summed E-state index contributed by atoms with van der Waals surface area (Å²) in [5.74, 6) is -0.195. The van der Waals surface area contributed by atoms with E-state index < -0.39 is 11.8 Å². The Kier molecular flexibility index (Phi) is 5.24. The molecule has 1 N–H and O–H groups in total. The fourth-order valence-electron chi connectivity index (χ4n) is 2.82. The lowest BCUT2D eigenvalue weighted by molar-refractivity contribution is -0.122. The number of hydrogen-bond acceptors (Lipinski definition) is 4. The van der Waals surface area contributed by atoms with Crippen LogP contribution in [0.2, 0.25) is 10.0 Å². The molecule has 144 valence electrons. The van der Waals surface area contributed by atoms with Crippen molar-refractivity contribution in [2.75, 3.05) is 4.90 Å². The molecule has 3 aromatic rings. The van der Waals surface area contributed by atoms with Crippen LogP contribution in [-0.4, -0.2) is 16.9 Å². The van der Waals surface area contributed by atoms with Gasteiger partial charge in [0.15, 0.2) is 5.11 Å². The van der Waals surface area contributed by atoms with Gasteiger partial charge in [-0.15, -0.1) is 0 Å². The van der Waals surface area contributed by atoms with Crippen molar-refractivity contribution in [2.24, 2.45) is 0 Å². The molecule has 8 heteroatoms. The molecule has 2 amide bonds. The SMILES string of the molecule is O=C1NC(=S)N(c2ccc(Cl)cc2)C(=O)C1=Cc1ccc(-c2ccc(Cl)cc2)o1. The van der Waals surface area contributed by atoms with E-state index in [0.717, 1.165) is 5.56 Å². The second-order valence-electron chi connectivity index (χ2n) is 6.14. The number of amides is 2. The number of nitrogens with zero attached hydrogens (tertiary/aromatic N) is 1. The number of halogens is 2. The smallest absolute Gasteiger partial charge is 0.270 e. The van der Waals surface area contributed by atoms with Crippen LogP contribution in [0.4, 0.5) is 5.69 Å². The predicted octanol–water partition coefficient (Wildman–Crippen LogP) is 5.08. The molecule has 2 heterocycles. The first-order chi connectivity index (χ1) is 13.9. The van der Waals surface area contributed by atoms with E-state index in [2.05, 4.69) is 5.32 Å². The van der Waals surface area contributed by atoms with E-state index in [9.17, 15) is 9.59 Å². The summed E-state index contributed by atoms with van der Waals surface area (Å²) in [5.41, 5.74) is 1.23. The van der Waals surface area contributed by atoms with Crippen LogP contribution < -0.4 is 10.2 Å². The molecule has 0 radical (unpaired) electrons. The molecule has 1 aliphatic heterocycles. The van der Waals surface area contributed by atoms with Gasteiger partial charge in [0.05, 0.1) is 5.69 Å². The predicted molar refractivity (Wildman–Crippen MR) is 117 cm³/mol. The molecule has 1 aliphatic rings. The largest absolute Gasteiger partial charge is 0.457 e. The molecule has 0 saturated carbocycles. The Hall–Kier alpha value is -2.93. The van der Waals surface area contributed by atoms with Crippen LogP contribution in [0, 0.1) is 0 Å². The number of anilines is 1. The minimum absolute atomic E-state index is 0.000714. The second kappa shape index (κ2) is 7.83. The summed E-state index contributed by atoms with van der Waals surface area (Å²) in [6.07, 6.45) is 1.39. The number of hydrogen-bond donors (Lipinski definition) is 1. The van der Waals surface area contributed by atoms with Gasteiger partial charge in [0.1, 0.15) is 17.1 Å². The number of carbonyl (C=O) groups excluding carboxylic acids is 2. The van der Waals surface area contributed by atoms with Gasteiger partial charge in [0, 0.05) is 15.6 Å². The summed E-state index contributed by atoms with van der Waals surface area (Å²) >= 11 is 17.0. The van der Waals surface area contributed by atoms with Gasteiger partial charge in [-0.05, 0) is 79.0 Å². The highest BCUT2D eigenvalue weighted by Crippen LogP contribution is 2.27. The van der Waals surface area contributed by atoms with Crippen molar-refractivity contribution >= 4 is 64.1 Å². The monoisotopic (exact) mass is 442 g/mol. The third-order valence-electron chi connectivity index (χ3n) is 4.23. The number of rotatable bonds is 3. The van der Waals surface area contributed by atoms with Crippen LogP contribution in [-0.2, 0) is 9.59 Å². The van der Waals surface area contributed by atoms with Crippen molar-refractivity contribution in [2.45, 2.75) is 0 Å². The fourth-order valence-corrected chi connectivity index (χ4v) is 3.36. The first kappa shape index (κ1) is 19.4. The Morgan fingerprint density at radius 1 is 0.897 bits per heavy atom. The Morgan fingerprint density at radius 2 is 1.52 bits per heavy atom.